The number of benzene rings is 1. The van der Waals surface area contributed by atoms with Crippen LogP contribution < -0.4 is 5.32 Å². The fourth-order valence-corrected chi connectivity index (χ4v) is 2.20. The smallest absolute Gasteiger partial charge is 0.110 e. The summed E-state index contributed by atoms with van der Waals surface area (Å²) in [5, 5.41) is 3.56. The Hall–Kier alpha value is -1.61. The first-order valence-electron chi connectivity index (χ1n) is 7.33. The van der Waals surface area contributed by atoms with E-state index in [9.17, 15) is 0 Å². The van der Waals surface area contributed by atoms with E-state index in [-0.39, 0.29) is 0 Å². The second kappa shape index (κ2) is 6.23. The standard InChI is InChI=1S/C17H25N3/c1-5-17(3,4)13-18-11-16-12-19-14(2)20(16)15-9-7-6-8-10-15/h6-10,12,18H,5,11,13H2,1-4H3. The van der Waals surface area contributed by atoms with Crippen molar-refractivity contribution in [3.63, 3.8) is 0 Å². The highest BCUT2D eigenvalue weighted by Crippen LogP contribution is 2.19. The SMILES string of the molecule is CCC(C)(C)CNCc1cnc(C)n1-c1ccccc1. The van der Waals surface area contributed by atoms with E-state index in [4.69, 9.17) is 0 Å². The lowest BCUT2D eigenvalue weighted by Crippen LogP contribution is -2.29. The highest BCUT2D eigenvalue weighted by atomic mass is 15.1. The van der Waals surface area contributed by atoms with Crippen molar-refractivity contribution in [2.45, 2.75) is 40.7 Å². The van der Waals surface area contributed by atoms with Gasteiger partial charge >= 0.3 is 0 Å². The van der Waals surface area contributed by atoms with Crippen molar-refractivity contribution in [1.82, 2.24) is 14.9 Å². The molecule has 0 bridgehead atoms. The highest BCUT2D eigenvalue weighted by Gasteiger charge is 2.15. The molecule has 108 valence electrons. The van der Waals surface area contributed by atoms with Gasteiger partial charge in [0.15, 0.2) is 0 Å². The second-order valence-corrected chi connectivity index (χ2v) is 6.09. The van der Waals surface area contributed by atoms with Gasteiger partial charge < -0.3 is 5.32 Å². The molecule has 0 aliphatic rings. The van der Waals surface area contributed by atoms with E-state index in [1.807, 2.05) is 19.2 Å². The molecule has 1 aromatic carbocycles. The number of aromatic nitrogens is 2. The summed E-state index contributed by atoms with van der Waals surface area (Å²) in [7, 11) is 0. The number of hydrogen-bond donors (Lipinski definition) is 1. The molecule has 0 spiro atoms. The van der Waals surface area contributed by atoms with Gasteiger partial charge in [0.1, 0.15) is 5.82 Å². The third kappa shape index (κ3) is 3.48. The first kappa shape index (κ1) is 14.8. The molecular weight excluding hydrogens is 246 g/mol. The Labute approximate surface area is 122 Å². The van der Waals surface area contributed by atoms with Gasteiger partial charge in [0.05, 0.1) is 11.9 Å². The Morgan fingerprint density at radius 1 is 1.20 bits per heavy atom. The number of aryl methyl sites for hydroxylation is 1. The molecule has 0 aliphatic heterocycles. The fraction of sp³-hybridized carbons (Fsp3) is 0.471. The van der Waals surface area contributed by atoms with E-state index < -0.39 is 0 Å². The molecule has 0 fully saturated rings. The van der Waals surface area contributed by atoms with Crippen molar-refractivity contribution in [3.05, 3.63) is 48.0 Å². The molecule has 3 heteroatoms. The topological polar surface area (TPSA) is 29.9 Å². The molecule has 20 heavy (non-hydrogen) atoms. The van der Waals surface area contributed by atoms with Crippen molar-refractivity contribution < 1.29 is 0 Å². The molecule has 1 aromatic heterocycles. The number of para-hydroxylation sites is 1. The van der Waals surface area contributed by atoms with Gasteiger partial charge in [-0.3, -0.25) is 4.57 Å². The number of nitrogens with zero attached hydrogens (tertiary/aromatic N) is 2. The number of hydrogen-bond acceptors (Lipinski definition) is 2. The largest absolute Gasteiger partial charge is 0.311 e. The Morgan fingerprint density at radius 3 is 2.55 bits per heavy atom. The van der Waals surface area contributed by atoms with Crippen LogP contribution in [-0.4, -0.2) is 16.1 Å². The van der Waals surface area contributed by atoms with Crippen LogP contribution in [-0.2, 0) is 6.54 Å². The lowest BCUT2D eigenvalue weighted by molar-refractivity contribution is 0.326. The maximum atomic E-state index is 4.45. The molecule has 3 nitrogen and oxygen atoms in total. The minimum atomic E-state index is 0.340. The minimum Gasteiger partial charge on any atom is -0.311 e. The van der Waals surface area contributed by atoms with E-state index in [0.717, 1.165) is 18.9 Å². The van der Waals surface area contributed by atoms with Crippen molar-refractivity contribution in [2.75, 3.05) is 6.54 Å². The van der Waals surface area contributed by atoms with Gasteiger partial charge in [0, 0.05) is 18.8 Å². The van der Waals surface area contributed by atoms with Crippen LogP contribution in [0.25, 0.3) is 5.69 Å². The first-order valence-corrected chi connectivity index (χ1v) is 7.33. The Balaban J connectivity index is 2.11. The molecule has 0 radical (unpaired) electrons. The number of nitrogens with one attached hydrogen (secondary N) is 1. The lowest BCUT2D eigenvalue weighted by Gasteiger charge is -2.23. The van der Waals surface area contributed by atoms with Crippen molar-refractivity contribution >= 4 is 0 Å². The van der Waals surface area contributed by atoms with E-state index in [0.29, 0.717) is 5.41 Å². The minimum absolute atomic E-state index is 0.340. The van der Waals surface area contributed by atoms with Crippen molar-refractivity contribution in [3.8, 4) is 5.69 Å². The van der Waals surface area contributed by atoms with Gasteiger partial charge in [0.2, 0.25) is 0 Å². The normalized spacial score (nSPS) is 11.8. The quantitative estimate of drug-likeness (QED) is 0.868. The van der Waals surface area contributed by atoms with Crippen LogP contribution in [0.15, 0.2) is 36.5 Å². The summed E-state index contributed by atoms with van der Waals surface area (Å²) in [4.78, 5) is 4.45. The molecule has 0 aliphatic carbocycles. The van der Waals surface area contributed by atoms with Crippen LogP contribution in [0.1, 0.15) is 38.7 Å². The molecule has 0 atom stereocenters. The van der Waals surface area contributed by atoms with E-state index in [1.165, 1.54) is 17.8 Å². The van der Waals surface area contributed by atoms with E-state index in [2.05, 4.69) is 59.9 Å². The average Bonchev–Trinajstić information content (AvgIpc) is 2.81. The first-order chi connectivity index (χ1) is 9.53. The predicted octanol–water partition coefficient (Wildman–Crippen LogP) is 3.71. The summed E-state index contributed by atoms with van der Waals surface area (Å²) < 4.78 is 2.21. The van der Waals surface area contributed by atoms with E-state index in [1.54, 1.807) is 0 Å². The monoisotopic (exact) mass is 271 g/mol. The molecule has 2 rings (SSSR count). The predicted molar refractivity (Wildman–Crippen MR) is 84.1 cm³/mol. The molecule has 1 heterocycles. The lowest BCUT2D eigenvalue weighted by atomic mass is 9.90. The fourth-order valence-electron chi connectivity index (χ4n) is 2.20. The molecular formula is C17H25N3. The Morgan fingerprint density at radius 2 is 1.90 bits per heavy atom. The second-order valence-electron chi connectivity index (χ2n) is 6.09. The third-order valence-electron chi connectivity index (χ3n) is 3.89. The average molecular weight is 271 g/mol. The number of imidazole rings is 1. The van der Waals surface area contributed by atoms with Crippen LogP contribution >= 0.6 is 0 Å². The zero-order valence-electron chi connectivity index (χ0n) is 13.0. The van der Waals surface area contributed by atoms with Gasteiger partial charge in [-0.1, -0.05) is 39.0 Å². The van der Waals surface area contributed by atoms with Crippen LogP contribution in [0.5, 0.6) is 0 Å². The zero-order chi connectivity index (χ0) is 14.6. The van der Waals surface area contributed by atoms with Crippen LogP contribution in [0.3, 0.4) is 0 Å². The van der Waals surface area contributed by atoms with Crippen LogP contribution in [0.2, 0.25) is 0 Å². The number of rotatable bonds is 6. The maximum Gasteiger partial charge on any atom is 0.110 e. The molecule has 0 saturated heterocycles. The summed E-state index contributed by atoms with van der Waals surface area (Å²) in [5.41, 5.74) is 2.72. The van der Waals surface area contributed by atoms with Crippen LogP contribution in [0.4, 0.5) is 0 Å². The molecule has 0 unspecified atom stereocenters. The summed E-state index contributed by atoms with van der Waals surface area (Å²) in [5.74, 6) is 1.03. The van der Waals surface area contributed by atoms with Gasteiger partial charge in [-0.05, 0) is 30.9 Å². The summed E-state index contributed by atoms with van der Waals surface area (Å²) in [6.07, 6.45) is 3.14. The Kier molecular flexibility index (Phi) is 4.61. The van der Waals surface area contributed by atoms with Crippen LogP contribution in [0, 0.1) is 12.3 Å². The highest BCUT2D eigenvalue weighted by molar-refractivity contribution is 5.35. The van der Waals surface area contributed by atoms with Gasteiger partial charge in [0.25, 0.3) is 0 Å². The summed E-state index contributed by atoms with van der Waals surface area (Å²) >= 11 is 0. The van der Waals surface area contributed by atoms with Gasteiger partial charge in [-0.2, -0.15) is 0 Å². The zero-order valence-corrected chi connectivity index (χ0v) is 13.0. The molecule has 1 N–H and O–H groups in total. The molecule has 0 saturated carbocycles. The third-order valence-corrected chi connectivity index (χ3v) is 3.89. The van der Waals surface area contributed by atoms with Gasteiger partial charge in [-0.15, -0.1) is 0 Å². The summed E-state index contributed by atoms with van der Waals surface area (Å²) in [6, 6.07) is 10.4. The Bertz CT molecular complexity index is 541. The summed E-state index contributed by atoms with van der Waals surface area (Å²) in [6.45, 7) is 10.7. The van der Waals surface area contributed by atoms with E-state index >= 15 is 0 Å². The maximum absolute atomic E-state index is 4.45. The molecule has 2 aromatic rings. The molecule has 0 amide bonds. The van der Waals surface area contributed by atoms with Gasteiger partial charge in [-0.25, -0.2) is 4.98 Å². The van der Waals surface area contributed by atoms with Crippen molar-refractivity contribution in [2.24, 2.45) is 5.41 Å². The van der Waals surface area contributed by atoms with Crippen molar-refractivity contribution in [1.29, 1.82) is 0 Å².